The molecule has 4 unspecified atom stereocenters. The molecule has 0 bridgehead atoms. The van der Waals surface area contributed by atoms with Gasteiger partial charge < -0.3 is 20.4 Å². The van der Waals surface area contributed by atoms with E-state index in [1.54, 1.807) is 0 Å². The lowest BCUT2D eigenvalue weighted by Gasteiger charge is -2.63. The minimum Gasteiger partial charge on any atom is -0.481 e. The van der Waals surface area contributed by atoms with Crippen LogP contribution in [0.4, 0.5) is 0 Å². The fourth-order valence-electron chi connectivity index (χ4n) is 8.68. The van der Waals surface area contributed by atoms with Crippen LogP contribution in [-0.4, -0.2) is 44.7 Å². The quantitative estimate of drug-likeness (QED) is 0.571. The van der Waals surface area contributed by atoms with E-state index >= 15 is 0 Å². The molecule has 4 aliphatic carbocycles. The molecule has 11 atom stereocenters. The van der Waals surface area contributed by atoms with Gasteiger partial charge in [-0.3, -0.25) is 4.79 Å². The van der Waals surface area contributed by atoms with Crippen molar-refractivity contribution in [2.75, 3.05) is 0 Å². The number of carboxylic acid groups (broad SMARTS) is 1. The van der Waals surface area contributed by atoms with Crippen molar-refractivity contribution in [3.8, 4) is 0 Å². The van der Waals surface area contributed by atoms with E-state index < -0.39 is 12.1 Å². The third kappa shape index (κ3) is 3.27. The van der Waals surface area contributed by atoms with E-state index in [1.807, 2.05) is 0 Å². The van der Waals surface area contributed by atoms with Crippen LogP contribution in [0.3, 0.4) is 0 Å². The lowest BCUT2D eigenvalue weighted by Crippen LogP contribution is -2.62. The first kappa shape index (κ1) is 21.6. The standard InChI is InChI=1S/C24H40O5/c1-13(4-7-21(28)29)16-5-6-17-22-18(12-20(27)24(16,17)3)23(2)9-8-15(25)10-14(23)11-19(22)26/h13-20,22,25-27H,4-12H2,1-3H3,(H,28,29)/t13?,14?,15-,16-,17+,18+,19?,20+,22?,23+,24-/m1/s1. The van der Waals surface area contributed by atoms with E-state index in [2.05, 4.69) is 20.8 Å². The molecule has 0 aliphatic heterocycles. The van der Waals surface area contributed by atoms with Gasteiger partial charge in [0.25, 0.3) is 0 Å². The zero-order chi connectivity index (χ0) is 21.1. The molecular formula is C24H40O5. The summed E-state index contributed by atoms with van der Waals surface area (Å²) >= 11 is 0. The van der Waals surface area contributed by atoms with Gasteiger partial charge >= 0.3 is 5.97 Å². The molecule has 0 aromatic heterocycles. The van der Waals surface area contributed by atoms with Gasteiger partial charge in [0.1, 0.15) is 0 Å². The van der Waals surface area contributed by atoms with Crippen LogP contribution in [0.5, 0.6) is 0 Å². The average molecular weight is 409 g/mol. The van der Waals surface area contributed by atoms with Crippen molar-refractivity contribution >= 4 is 5.97 Å². The number of carbonyl (C=O) groups is 1. The van der Waals surface area contributed by atoms with Crippen molar-refractivity contribution in [2.45, 2.75) is 96.9 Å². The van der Waals surface area contributed by atoms with Gasteiger partial charge in [0.15, 0.2) is 0 Å². The second-order valence-corrected chi connectivity index (χ2v) is 11.4. The molecule has 29 heavy (non-hydrogen) atoms. The fraction of sp³-hybridized carbons (Fsp3) is 0.958. The summed E-state index contributed by atoms with van der Waals surface area (Å²) in [5, 5.41) is 42.0. The molecule has 4 rings (SSSR count). The first-order valence-electron chi connectivity index (χ1n) is 11.8. The summed E-state index contributed by atoms with van der Waals surface area (Å²) in [5.74, 6) is 0.997. The predicted octanol–water partition coefficient (Wildman–Crippen LogP) is 3.45. The zero-order valence-electron chi connectivity index (χ0n) is 18.3. The van der Waals surface area contributed by atoms with Crippen molar-refractivity contribution in [3.63, 3.8) is 0 Å². The third-order valence-electron chi connectivity index (χ3n) is 10.3. The van der Waals surface area contributed by atoms with Gasteiger partial charge in [0, 0.05) is 6.42 Å². The number of aliphatic hydroxyl groups excluding tert-OH is 3. The topological polar surface area (TPSA) is 98.0 Å². The summed E-state index contributed by atoms with van der Waals surface area (Å²) in [4.78, 5) is 11.1. The van der Waals surface area contributed by atoms with E-state index in [-0.39, 0.29) is 41.3 Å². The van der Waals surface area contributed by atoms with Crippen LogP contribution in [0, 0.1) is 46.3 Å². The summed E-state index contributed by atoms with van der Waals surface area (Å²) in [6, 6.07) is 0. The first-order chi connectivity index (χ1) is 13.6. The molecule has 4 N–H and O–H groups in total. The number of carboxylic acids is 1. The minimum absolute atomic E-state index is 0.0957. The van der Waals surface area contributed by atoms with E-state index in [0.29, 0.717) is 30.1 Å². The summed E-state index contributed by atoms with van der Waals surface area (Å²) < 4.78 is 0. The molecular weight excluding hydrogens is 368 g/mol. The number of hydrogen-bond donors (Lipinski definition) is 4. The third-order valence-corrected chi connectivity index (χ3v) is 10.3. The van der Waals surface area contributed by atoms with Crippen LogP contribution in [0.2, 0.25) is 0 Å². The molecule has 5 heteroatoms. The zero-order valence-corrected chi connectivity index (χ0v) is 18.3. The SMILES string of the molecule is CC(CCC(=O)O)[C@H]1CC[C@H]2C3C(O)CC4C[C@H](O)CC[C@]4(C)[C@H]3C[C@H](O)[C@]12C. The van der Waals surface area contributed by atoms with E-state index in [1.165, 1.54) is 0 Å². The van der Waals surface area contributed by atoms with Crippen molar-refractivity contribution in [3.05, 3.63) is 0 Å². The van der Waals surface area contributed by atoms with Crippen LogP contribution in [0.15, 0.2) is 0 Å². The van der Waals surface area contributed by atoms with E-state index in [9.17, 15) is 20.1 Å². The molecule has 4 aliphatic rings. The minimum atomic E-state index is -0.748. The first-order valence-corrected chi connectivity index (χ1v) is 11.8. The van der Waals surface area contributed by atoms with Gasteiger partial charge in [0.2, 0.25) is 0 Å². The summed E-state index contributed by atoms with van der Waals surface area (Å²) in [6.07, 6.45) is 6.00. The summed E-state index contributed by atoms with van der Waals surface area (Å²) in [5.41, 5.74) is -0.143. The predicted molar refractivity (Wildman–Crippen MR) is 110 cm³/mol. The highest BCUT2D eigenvalue weighted by Crippen LogP contribution is 2.68. The Kier molecular flexibility index (Phi) is 5.57. The monoisotopic (exact) mass is 408 g/mol. The van der Waals surface area contributed by atoms with Gasteiger partial charge in [-0.15, -0.1) is 0 Å². The second kappa shape index (κ2) is 7.49. The second-order valence-electron chi connectivity index (χ2n) is 11.4. The smallest absolute Gasteiger partial charge is 0.303 e. The molecule has 0 spiro atoms. The number of fused-ring (bicyclic) bond motifs is 5. The van der Waals surface area contributed by atoms with E-state index in [0.717, 1.165) is 44.9 Å². The molecule has 0 saturated heterocycles. The Morgan fingerprint density at radius 2 is 1.76 bits per heavy atom. The van der Waals surface area contributed by atoms with Crippen LogP contribution in [0.1, 0.15) is 78.6 Å². The Morgan fingerprint density at radius 1 is 1.03 bits per heavy atom. The van der Waals surface area contributed by atoms with Crippen molar-refractivity contribution in [2.24, 2.45) is 46.3 Å². The molecule has 0 radical (unpaired) electrons. The molecule has 4 saturated carbocycles. The maximum Gasteiger partial charge on any atom is 0.303 e. The van der Waals surface area contributed by atoms with Crippen LogP contribution in [-0.2, 0) is 4.79 Å². The van der Waals surface area contributed by atoms with Crippen LogP contribution in [0.25, 0.3) is 0 Å². The summed E-state index contributed by atoms with van der Waals surface area (Å²) in [6.45, 7) is 6.72. The molecule has 0 aromatic carbocycles. The number of hydrogen-bond acceptors (Lipinski definition) is 4. The summed E-state index contributed by atoms with van der Waals surface area (Å²) in [7, 11) is 0. The van der Waals surface area contributed by atoms with Gasteiger partial charge in [-0.25, -0.2) is 0 Å². The van der Waals surface area contributed by atoms with Gasteiger partial charge in [-0.2, -0.15) is 0 Å². The number of aliphatic hydroxyl groups is 3. The van der Waals surface area contributed by atoms with Crippen LogP contribution >= 0.6 is 0 Å². The molecule has 0 amide bonds. The molecule has 0 aromatic rings. The molecule has 5 nitrogen and oxygen atoms in total. The highest BCUT2D eigenvalue weighted by molar-refractivity contribution is 5.66. The molecule has 4 fully saturated rings. The maximum atomic E-state index is 11.5. The number of rotatable bonds is 4. The van der Waals surface area contributed by atoms with Crippen molar-refractivity contribution in [1.82, 2.24) is 0 Å². The van der Waals surface area contributed by atoms with Gasteiger partial charge in [-0.1, -0.05) is 20.8 Å². The van der Waals surface area contributed by atoms with Crippen molar-refractivity contribution < 1.29 is 25.2 Å². The Balaban J connectivity index is 1.61. The maximum absolute atomic E-state index is 11.5. The number of aliphatic carboxylic acids is 1. The lowest BCUT2D eigenvalue weighted by atomic mass is 9.43. The highest BCUT2D eigenvalue weighted by Gasteiger charge is 2.65. The average Bonchev–Trinajstić information content (AvgIpc) is 3.01. The van der Waals surface area contributed by atoms with Crippen LogP contribution < -0.4 is 0 Å². The van der Waals surface area contributed by atoms with Crippen molar-refractivity contribution in [1.29, 1.82) is 0 Å². The van der Waals surface area contributed by atoms with Gasteiger partial charge in [-0.05, 0) is 97.7 Å². The Hall–Kier alpha value is -0.650. The normalized spacial score (nSPS) is 52.9. The fourth-order valence-corrected chi connectivity index (χ4v) is 8.68. The Morgan fingerprint density at radius 3 is 2.45 bits per heavy atom. The molecule has 0 heterocycles. The van der Waals surface area contributed by atoms with Gasteiger partial charge in [0.05, 0.1) is 18.3 Å². The molecule has 166 valence electrons. The highest BCUT2D eigenvalue weighted by atomic mass is 16.4. The van der Waals surface area contributed by atoms with E-state index in [4.69, 9.17) is 5.11 Å². The lowest BCUT2D eigenvalue weighted by molar-refractivity contribution is -0.207. The Labute approximate surface area is 174 Å². The Bertz CT molecular complexity index is 637. The largest absolute Gasteiger partial charge is 0.481 e.